The number of nitrogens with zero attached hydrogens (tertiary/aromatic N) is 2. The van der Waals surface area contributed by atoms with Crippen molar-refractivity contribution in [1.82, 2.24) is 9.88 Å². The Kier molecular flexibility index (Phi) is 4.49. The molecule has 1 saturated heterocycles. The van der Waals surface area contributed by atoms with Crippen LogP contribution in [0.2, 0.25) is 0 Å². The van der Waals surface area contributed by atoms with Gasteiger partial charge in [0.15, 0.2) is 0 Å². The summed E-state index contributed by atoms with van der Waals surface area (Å²) in [6.45, 7) is 5.58. The van der Waals surface area contributed by atoms with Crippen molar-refractivity contribution in [3.8, 4) is 0 Å². The van der Waals surface area contributed by atoms with E-state index in [1.807, 2.05) is 6.07 Å². The number of rotatable bonds is 4. The van der Waals surface area contributed by atoms with Crippen LogP contribution in [0.5, 0.6) is 0 Å². The van der Waals surface area contributed by atoms with Crippen molar-refractivity contribution in [1.29, 1.82) is 0 Å². The number of nitrogens with one attached hydrogen (secondary N) is 1. The number of hydrogen-bond donors (Lipinski definition) is 2. The highest BCUT2D eigenvalue weighted by Gasteiger charge is 2.19. The number of thiocarbonyl (C=S) groups is 1. The molecule has 5 heteroatoms. The second kappa shape index (κ2) is 6.11. The molecule has 0 amide bonds. The first-order valence-corrected chi connectivity index (χ1v) is 6.84. The van der Waals surface area contributed by atoms with E-state index in [4.69, 9.17) is 18.0 Å². The normalized spacial score (nSPS) is 20.6. The van der Waals surface area contributed by atoms with Crippen molar-refractivity contribution in [2.45, 2.75) is 25.8 Å². The Balaban J connectivity index is 2.07. The second-order valence-electron chi connectivity index (χ2n) is 4.66. The number of aromatic nitrogens is 1. The van der Waals surface area contributed by atoms with Crippen LogP contribution in [0.3, 0.4) is 0 Å². The van der Waals surface area contributed by atoms with E-state index in [1.165, 1.54) is 19.4 Å². The average Bonchev–Trinajstić information content (AvgIpc) is 2.39. The van der Waals surface area contributed by atoms with Crippen LogP contribution in [0.1, 0.15) is 25.3 Å². The fourth-order valence-electron chi connectivity index (χ4n) is 2.40. The third-order valence-electron chi connectivity index (χ3n) is 3.40. The molecule has 2 rings (SSSR count). The number of likely N-dealkylation sites (N-methyl/N-ethyl adjacent to an activating group) is 1. The molecule has 1 aliphatic heterocycles. The maximum Gasteiger partial charge on any atom is 0.106 e. The first kappa shape index (κ1) is 13.2. The van der Waals surface area contributed by atoms with Crippen LogP contribution in [0.4, 0.5) is 5.69 Å². The molecule has 0 spiro atoms. The zero-order chi connectivity index (χ0) is 13.0. The van der Waals surface area contributed by atoms with Gasteiger partial charge in [-0.25, -0.2) is 0 Å². The lowest BCUT2D eigenvalue weighted by Crippen LogP contribution is -2.42. The average molecular weight is 264 g/mol. The van der Waals surface area contributed by atoms with E-state index < -0.39 is 0 Å². The Hall–Kier alpha value is -1.20. The summed E-state index contributed by atoms with van der Waals surface area (Å²) < 4.78 is 0. The van der Waals surface area contributed by atoms with Gasteiger partial charge in [0.25, 0.3) is 0 Å². The molecular formula is C13H20N4S. The van der Waals surface area contributed by atoms with E-state index in [1.54, 1.807) is 12.4 Å². The number of hydrogen-bond acceptors (Lipinski definition) is 4. The van der Waals surface area contributed by atoms with Gasteiger partial charge in [-0.15, -0.1) is 0 Å². The van der Waals surface area contributed by atoms with Gasteiger partial charge in [-0.3, -0.25) is 4.98 Å². The van der Waals surface area contributed by atoms with Crippen LogP contribution in [-0.2, 0) is 0 Å². The Morgan fingerprint density at radius 1 is 1.67 bits per heavy atom. The van der Waals surface area contributed by atoms with E-state index in [0.29, 0.717) is 11.0 Å². The molecule has 18 heavy (non-hydrogen) atoms. The highest BCUT2D eigenvalue weighted by molar-refractivity contribution is 7.80. The van der Waals surface area contributed by atoms with Crippen LogP contribution < -0.4 is 11.1 Å². The van der Waals surface area contributed by atoms with Gasteiger partial charge in [0.1, 0.15) is 4.99 Å². The molecule has 0 radical (unpaired) electrons. The highest BCUT2D eigenvalue weighted by Crippen LogP contribution is 2.18. The van der Waals surface area contributed by atoms with Gasteiger partial charge in [-0.05, 0) is 32.0 Å². The lowest BCUT2D eigenvalue weighted by Gasteiger charge is -2.33. The Labute approximate surface area is 114 Å². The zero-order valence-corrected chi connectivity index (χ0v) is 11.5. The monoisotopic (exact) mass is 264 g/mol. The van der Waals surface area contributed by atoms with Crippen molar-refractivity contribution >= 4 is 22.9 Å². The summed E-state index contributed by atoms with van der Waals surface area (Å²) in [5.74, 6) is 0. The van der Waals surface area contributed by atoms with Crippen molar-refractivity contribution < 1.29 is 0 Å². The van der Waals surface area contributed by atoms with Gasteiger partial charge < -0.3 is 16.0 Å². The molecule has 1 fully saturated rings. The maximum absolute atomic E-state index is 5.73. The van der Waals surface area contributed by atoms with Gasteiger partial charge >= 0.3 is 0 Å². The largest absolute Gasteiger partial charge is 0.389 e. The molecular weight excluding hydrogens is 244 g/mol. The maximum atomic E-state index is 5.73. The summed E-state index contributed by atoms with van der Waals surface area (Å²) in [4.78, 5) is 7.02. The molecule has 0 saturated carbocycles. The number of nitrogens with two attached hydrogens (primary N) is 1. The number of pyridine rings is 1. The molecule has 1 aromatic heterocycles. The molecule has 3 N–H and O–H groups in total. The van der Waals surface area contributed by atoms with Crippen LogP contribution in [0.25, 0.3) is 0 Å². The van der Waals surface area contributed by atoms with Gasteiger partial charge in [-0.1, -0.05) is 19.1 Å². The van der Waals surface area contributed by atoms with Crippen molar-refractivity contribution in [3.05, 3.63) is 24.0 Å². The summed E-state index contributed by atoms with van der Waals surface area (Å²) in [6, 6.07) is 2.32. The minimum Gasteiger partial charge on any atom is -0.389 e. The molecule has 4 nitrogen and oxygen atoms in total. The third-order valence-corrected chi connectivity index (χ3v) is 3.62. The van der Waals surface area contributed by atoms with Gasteiger partial charge in [-0.2, -0.15) is 0 Å². The fraction of sp³-hybridized carbons (Fsp3) is 0.538. The topological polar surface area (TPSA) is 54.2 Å². The lowest BCUT2D eigenvalue weighted by molar-refractivity contribution is 0.227. The fourth-order valence-corrected chi connectivity index (χ4v) is 2.58. The summed E-state index contributed by atoms with van der Waals surface area (Å²) in [7, 11) is 0. The summed E-state index contributed by atoms with van der Waals surface area (Å²) in [5, 5.41) is 3.52. The number of likely N-dealkylation sites (tertiary alicyclic amines) is 1. The predicted molar refractivity (Wildman–Crippen MR) is 78.9 cm³/mol. The Bertz CT molecular complexity index is 421. The molecule has 98 valence electrons. The first-order valence-electron chi connectivity index (χ1n) is 6.43. The van der Waals surface area contributed by atoms with Crippen LogP contribution >= 0.6 is 12.2 Å². The van der Waals surface area contributed by atoms with E-state index in [0.717, 1.165) is 24.3 Å². The minimum absolute atomic E-state index is 0.419. The SMILES string of the molecule is CCN1CCCC(Nc2cnccc2C(N)=S)C1. The van der Waals surface area contributed by atoms with Crippen molar-refractivity contribution in [3.63, 3.8) is 0 Å². The van der Waals surface area contributed by atoms with Crippen molar-refractivity contribution in [2.24, 2.45) is 5.73 Å². The Morgan fingerprint density at radius 2 is 2.50 bits per heavy atom. The predicted octanol–water partition coefficient (Wildman–Crippen LogP) is 1.61. The van der Waals surface area contributed by atoms with Crippen molar-refractivity contribution in [2.75, 3.05) is 25.0 Å². The van der Waals surface area contributed by atoms with Gasteiger partial charge in [0.2, 0.25) is 0 Å². The first-order chi connectivity index (χ1) is 8.70. The van der Waals surface area contributed by atoms with Crippen LogP contribution in [0, 0.1) is 0 Å². The second-order valence-corrected chi connectivity index (χ2v) is 5.10. The molecule has 1 atom stereocenters. The molecule has 0 aliphatic carbocycles. The smallest absolute Gasteiger partial charge is 0.106 e. The molecule has 1 aromatic rings. The molecule has 1 unspecified atom stereocenters. The van der Waals surface area contributed by atoms with Crippen LogP contribution in [0.15, 0.2) is 18.5 Å². The quantitative estimate of drug-likeness (QED) is 0.809. The van der Waals surface area contributed by atoms with E-state index >= 15 is 0 Å². The third kappa shape index (κ3) is 3.17. The molecule has 1 aliphatic rings. The molecule has 2 heterocycles. The van der Waals surface area contributed by atoms with E-state index in [9.17, 15) is 0 Å². The highest BCUT2D eigenvalue weighted by atomic mass is 32.1. The standard InChI is InChI=1S/C13H20N4S/c1-2-17-7-3-4-10(9-17)16-12-8-15-6-5-11(12)13(14)18/h5-6,8,10,16H,2-4,7,9H2,1H3,(H2,14,18). The number of anilines is 1. The zero-order valence-electron chi connectivity index (χ0n) is 10.7. The van der Waals surface area contributed by atoms with Gasteiger partial charge in [0, 0.05) is 24.3 Å². The van der Waals surface area contributed by atoms with E-state index in [2.05, 4.69) is 22.1 Å². The Morgan fingerprint density at radius 3 is 3.22 bits per heavy atom. The lowest BCUT2D eigenvalue weighted by atomic mass is 10.0. The molecule has 0 aromatic carbocycles. The van der Waals surface area contributed by atoms with Gasteiger partial charge in [0.05, 0.1) is 11.9 Å². The minimum atomic E-state index is 0.419. The number of piperidine rings is 1. The summed E-state index contributed by atoms with van der Waals surface area (Å²) in [5.41, 5.74) is 7.56. The molecule has 0 bridgehead atoms. The van der Waals surface area contributed by atoms with Crippen LogP contribution in [-0.4, -0.2) is 40.5 Å². The summed E-state index contributed by atoms with van der Waals surface area (Å²) in [6.07, 6.45) is 5.94. The summed E-state index contributed by atoms with van der Waals surface area (Å²) >= 11 is 5.06. The van der Waals surface area contributed by atoms with E-state index in [-0.39, 0.29) is 0 Å².